The van der Waals surface area contributed by atoms with Gasteiger partial charge in [-0.15, -0.1) is 0 Å². The van der Waals surface area contributed by atoms with Crippen LogP contribution in [0.1, 0.15) is 19.8 Å². The maximum atomic E-state index is 13.1. The number of hydrogen-bond acceptors (Lipinski definition) is 7. The van der Waals surface area contributed by atoms with Crippen LogP contribution in [0.2, 0.25) is 5.02 Å². The Labute approximate surface area is 212 Å². The number of benzene rings is 1. The molecule has 1 fully saturated rings. The number of nitrogens with zero attached hydrogens (tertiary/aromatic N) is 2. The van der Waals surface area contributed by atoms with Gasteiger partial charge in [0.15, 0.2) is 11.2 Å². The molecular formula is C22H24ClN3NaO5-. The zero-order valence-corrected chi connectivity index (χ0v) is 20.9. The normalized spacial score (nSPS) is 13.9. The summed E-state index contributed by atoms with van der Waals surface area (Å²) in [6, 6.07) is 6.82. The van der Waals surface area contributed by atoms with Gasteiger partial charge in [-0.3, -0.25) is 4.79 Å². The molecule has 0 radical (unpaired) electrons. The number of halogens is 1. The van der Waals surface area contributed by atoms with Crippen LogP contribution in [-0.2, 0) is 16.1 Å². The summed E-state index contributed by atoms with van der Waals surface area (Å²) in [6.07, 6.45) is 3.93. The first kappa shape index (κ1) is 26.6. The third-order valence-corrected chi connectivity index (χ3v) is 5.70. The number of nitrogens with one attached hydrogen (secondary N) is 1. The van der Waals surface area contributed by atoms with Crippen LogP contribution >= 0.6 is 11.6 Å². The molecule has 0 atom stereocenters. The molecule has 0 amide bonds. The number of carbonyl (C=O) groups excluding carboxylic acids is 1. The summed E-state index contributed by atoms with van der Waals surface area (Å²) in [6.45, 7) is 4.44. The quantitative estimate of drug-likeness (QED) is 0.303. The summed E-state index contributed by atoms with van der Waals surface area (Å²) in [5.74, 6) is 1.53. The number of fused-ring (bicyclic) bond motifs is 2. The van der Waals surface area contributed by atoms with Crippen molar-refractivity contribution >= 4 is 45.6 Å². The van der Waals surface area contributed by atoms with Gasteiger partial charge in [-0.2, -0.15) is 0 Å². The second-order valence-electron chi connectivity index (χ2n) is 7.27. The number of aromatic nitrogens is 2. The van der Waals surface area contributed by atoms with Gasteiger partial charge in [0.1, 0.15) is 11.5 Å². The molecule has 10 heteroatoms. The third kappa shape index (κ3) is 5.27. The molecule has 3 heterocycles. The van der Waals surface area contributed by atoms with Crippen LogP contribution in [0.4, 0.5) is 5.82 Å². The minimum absolute atomic E-state index is 0. The van der Waals surface area contributed by atoms with E-state index in [0.29, 0.717) is 51.1 Å². The Hall–Kier alpha value is -1.68. The van der Waals surface area contributed by atoms with Gasteiger partial charge < -0.3 is 29.6 Å². The third-order valence-electron chi connectivity index (χ3n) is 5.40. The van der Waals surface area contributed by atoms with Crippen molar-refractivity contribution in [1.82, 2.24) is 9.55 Å². The van der Waals surface area contributed by atoms with Crippen molar-refractivity contribution in [3.8, 4) is 5.75 Å². The first-order chi connectivity index (χ1) is 14.6. The molecule has 0 spiro atoms. The monoisotopic (exact) mass is 468 g/mol. The number of anilines is 1. The minimum Gasteiger partial charge on any atom is -0.870 e. The molecule has 3 aromatic rings. The van der Waals surface area contributed by atoms with E-state index in [4.69, 9.17) is 21.1 Å². The van der Waals surface area contributed by atoms with Crippen LogP contribution in [0.25, 0.3) is 21.9 Å². The molecule has 1 aliphatic heterocycles. The molecule has 2 aromatic heterocycles. The van der Waals surface area contributed by atoms with Crippen LogP contribution in [0.15, 0.2) is 29.1 Å². The van der Waals surface area contributed by atoms with Crippen LogP contribution < -0.4 is 45.0 Å². The number of hydrogen-bond donors (Lipinski definition) is 1. The summed E-state index contributed by atoms with van der Waals surface area (Å²) < 4.78 is 12.8. The Morgan fingerprint density at radius 2 is 1.97 bits per heavy atom. The van der Waals surface area contributed by atoms with Gasteiger partial charge >= 0.3 is 29.6 Å². The fraction of sp³-hybridized carbons (Fsp3) is 0.409. The van der Waals surface area contributed by atoms with E-state index >= 15 is 0 Å². The summed E-state index contributed by atoms with van der Waals surface area (Å²) in [5.41, 5.74) is 0.679. The SMILES string of the molecule is CCOc1c(Cl)ccc2c(=O)c3ccc(NCC4CCOCC4)nc3n(C[C-]=O)c12.[Na+].[OH-]. The van der Waals surface area contributed by atoms with Gasteiger partial charge in [-0.25, -0.2) is 11.3 Å². The van der Waals surface area contributed by atoms with Crippen LogP contribution in [0, 0.1) is 5.92 Å². The van der Waals surface area contributed by atoms with Gasteiger partial charge in [-0.1, -0.05) is 18.1 Å². The average Bonchev–Trinajstić information content (AvgIpc) is 2.77. The van der Waals surface area contributed by atoms with E-state index < -0.39 is 0 Å². The molecule has 1 aromatic carbocycles. The van der Waals surface area contributed by atoms with E-state index in [0.717, 1.165) is 32.6 Å². The molecule has 8 nitrogen and oxygen atoms in total. The number of rotatable bonds is 7. The summed E-state index contributed by atoms with van der Waals surface area (Å²) in [7, 11) is 0. The van der Waals surface area contributed by atoms with E-state index in [1.165, 1.54) is 0 Å². The van der Waals surface area contributed by atoms with Gasteiger partial charge in [0, 0.05) is 19.8 Å². The maximum Gasteiger partial charge on any atom is 1.00 e. The van der Waals surface area contributed by atoms with Gasteiger partial charge in [0.25, 0.3) is 0 Å². The summed E-state index contributed by atoms with van der Waals surface area (Å²) >= 11 is 6.34. The standard InChI is InChI=1S/C22H23ClN3O4.Na.H2O/c1-2-30-21-17(23)5-3-15-19(21)26(9-10-27)22-16(20(15)28)4-6-18(25-22)24-13-14-7-11-29-12-8-14;;/h3-6,14H,2,7-9,11-13H2,1H3,(H,24,25);;1H2/q-1;+1;/p-1. The van der Waals surface area contributed by atoms with Crippen molar-refractivity contribution in [2.24, 2.45) is 5.92 Å². The Morgan fingerprint density at radius 1 is 1.25 bits per heavy atom. The fourth-order valence-corrected chi connectivity index (χ4v) is 4.09. The Kier molecular flexibility index (Phi) is 9.94. The van der Waals surface area contributed by atoms with Crippen molar-refractivity contribution in [2.75, 3.05) is 31.7 Å². The van der Waals surface area contributed by atoms with E-state index in [-0.39, 0.29) is 47.0 Å². The van der Waals surface area contributed by atoms with Crippen molar-refractivity contribution in [2.45, 2.75) is 26.3 Å². The predicted octanol–water partition coefficient (Wildman–Crippen LogP) is 0.377. The van der Waals surface area contributed by atoms with Crippen LogP contribution in [0.3, 0.4) is 0 Å². The number of pyridine rings is 2. The number of ether oxygens (including phenoxy) is 2. The summed E-state index contributed by atoms with van der Waals surface area (Å²) in [5, 5.41) is 4.58. The molecule has 4 rings (SSSR count). The van der Waals surface area contributed by atoms with Gasteiger partial charge in [-0.05, 0) is 49.9 Å². The van der Waals surface area contributed by atoms with E-state index in [1.807, 2.05) is 13.2 Å². The Bertz CT molecular complexity index is 1150. The van der Waals surface area contributed by atoms with Crippen molar-refractivity contribution in [3.05, 3.63) is 39.5 Å². The Morgan fingerprint density at radius 3 is 2.66 bits per heavy atom. The minimum atomic E-state index is -0.178. The van der Waals surface area contributed by atoms with E-state index in [9.17, 15) is 9.59 Å². The molecule has 32 heavy (non-hydrogen) atoms. The average molecular weight is 469 g/mol. The molecule has 0 saturated carbocycles. The molecule has 166 valence electrons. The Balaban J connectivity index is 0.00000181. The molecule has 0 aliphatic carbocycles. The van der Waals surface area contributed by atoms with Crippen LogP contribution in [-0.4, -0.2) is 47.7 Å². The van der Waals surface area contributed by atoms with Crippen LogP contribution in [0.5, 0.6) is 5.75 Å². The van der Waals surface area contributed by atoms with Gasteiger partial charge in [0.05, 0.1) is 27.9 Å². The fourth-order valence-electron chi connectivity index (χ4n) is 3.88. The molecule has 0 bridgehead atoms. The van der Waals surface area contributed by atoms with E-state index in [1.54, 1.807) is 28.8 Å². The second kappa shape index (κ2) is 12.0. The first-order valence-corrected chi connectivity index (χ1v) is 10.5. The molecule has 2 N–H and O–H groups in total. The van der Waals surface area contributed by atoms with Gasteiger partial charge in [0.2, 0.25) is 0 Å². The molecule has 1 aliphatic rings. The topological polar surface area (TPSA) is 112 Å². The van der Waals surface area contributed by atoms with Crippen molar-refractivity contribution < 1.29 is 49.3 Å². The summed E-state index contributed by atoms with van der Waals surface area (Å²) in [4.78, 5) is 29.2. The first-order valence-electron chi connectivity index (χ1n) is 10.1. The smallest absolute Gasteiger partial charge is 0.870 e. The zero-order chi connectivity index (χ0) is 21.1. The second-order valence-corrected chi connectivity index (χ2v) is 7.68. The molecular weight excluding hydrogens is 445 g/mol. The van der Waals surface area contributed by atoms with E-state index in [2.05, 4.69) is 10.3 Å². The van der Waals surface area contributed by atoms with Crippen molar-refractivity contribution in [1.29, 1.82) is 0 Å². The zero-order valence-electron chi connectivity index (χ0n) is 18.2. The molecule has 1 saturated heterocycles. The van der Waals surface area contributed by atoms with Crippen molar-refractivity contribution in [3.63, 3.8) is 0 Å². The largest absolute Gasteiger partial charge is 1.00 e. The molecule has 0 unspecified atom stereocenters. The maximum absolute atomic E-state index is 13.1. The predicted molar refractivity (Wildman–Crippen MR) is 119 cm³/mol.